The Hall–Kier alpha value is -4.72. The normalized spacial score (nSPS) is 12.5. The Kier molecular flexibility index (Phi) is 7.26. The molecule has 0 heterocycles. The van der Waals surface area contributed by atoms with Crippen LogP contribution in [0.3, 0.4) is 0 Å². The van der Waals surface area contributed by atoms with Crippen molar-refractivity contribution in [1.82, 2.24) is 0 Å². The maximum atomic E-state index is 11.3. The first-order chi connectivity index (χ1) is 19.2. The van der Waals surface area contributed by atoms with E-state index in [9.17, 15) is 20.4 Å². The van der Waals surface area contributed by atoms with Gasteiger partial charge in [0.25, 0.3) is 0 Å². The van der Waals surface area contributed by atoms with E-state index in [1.165, 1.54) is 0 Å². The zero-order valence-corrected chi connectivity index (χ0v) is 22.9. The van der Waals surface area contributed by atoms with E-state index in [2.05, 4.69) is 0 Å². The number of aromatic hydroxyl groups is 4. The molecule has 5 rings (SSSR count). The van der Waals surface area contributed by atoms with E-state index in [1.54, 1.807) is 77.0 Å². The van der Waals surface area contributed by atoms with Gasteiger partial charge >= 0.3 is 0 Å². The minimum Gasteiger partial charge on any atom is -0.507 e. The number of phenolic OH excluding ortho intramolecular Hbond substituents is 4. The monoisotopic (exact) mass is 544 g/mol. The highest BCUT2D eigenvalue weighted by Gasteiger charge is 2.22. The lowest BCUT2D eigenvalue weighted by Gasteiger charge is -2.19. The Morgan fingerprint density at radius 1 is 0.350 bits per heavy atom. The molecule has 4 aromatic rings. The minimum absolute atomic E-state index is 0.0352. The predicted molar refractivity (Wildman–Crippen MR) is 150 cm³/mol. The molecule has 0 radical (unpaired) electrons. The second-order valence-electron chi connectivity index (χ2n) is 9.88. The number of hydrogen-bond donors (Lipinski definition) is 4. The average molecular weight is 545 g/mol. The summed E-state index contributed by atoms with van der Waals surface area (Å²) < 4.78 is 22.1. The summed E-state index contributed by atoms with van der Waals surface area (Å²) in [5, 5.41) is 45.4. The third-order valence-corrected chi connectivity index (χ3v) is 7.43. The fraction of sp³-hybridized carbons (Fsp3) is 0.250. The van der Waals surface area contributed by atoms with E-state index in [-0.39, 0.29) is 48.7 Å². The van der Waals surface area contributed by atoms with Gasteiger partial charge in [0, 0.05) is 70.2 Å². The minimum atomic E-state index is 0.0352. The molecule has 4 N–H and O–H groups in total. The molecule has 0 aromatic heterocycles. The Balaban J connectivity index is 1.80. The SMILES string of the molecule is COc1cc2c(O)c(c1)Cc1cc(OC)cc(c1O)Cc1cc(OC)cc(c1O)Cc1cc(OC)cc(c1O)C2. The highest BCUT2D eigenvalue weighted by atomic mass is 16.5. The first kappa shape index (κ1) is 26.9. The summed E-state index contributed by atoms with van der Waals surface area (Å²) >= 11 is 0. The van der Waals surface area contributed by atoms with Crippen molar-refractivity contribution in [3.63, 3.8) is 0 Å². The molecule has 40 heavy (non-hydrogen) atoms. The third kappa shape index (κ3) is 5.00. The van der Waals surface area contributed by atoms with E-state index in [1.807, 2.05) is 0 Å². The average Bonchev–Trinajstić information content (AvgIpc) is 2.95. The summed E-state index contributed by atoms with van der Waals surface area (Å²) in [6, 6.07) is 13.8. The van der Waals surface area contributed by atoms with Crippen molar-refractivity contribution < 1.29 is 39.4 Å². The summed E-state index contributed by atoms with van der Waals surface area (Å²) in [7, 11) is 6.18. The molecule has 0 fully saturated rings. The molecular weight excluding hydrogens is 512 g/mol. The van der Waals surface area contributed by atoms with Crippen LogP contribution in [0.2, 0.25) is 0 Å². The van der Waals surface area contributed by atoms with Crippen molar-refractivity contribution in [3.05, 3.63) is 93.0 Å². The van der Waals surface area contributed by atoms with Crippen molar-refractivity contribution >= 4 is 0 Å². The van der Waals surface area contributed by atoms with Crippen LogP contribution < -0.4 is 18.9 Å². The molecule has 0 unspecified atom stereocenters. The van der Waals surface area contributed by atoms with Crippen LogP contribution in [0.5, 0.6) is 46.0 Å². The first-order valence-electron chi connectivity index (χ1n) is 12.8. The lowest BCUT2D eigenvalue weighted by Crippen LogP contribution is -2.03. The predicted octanol–water partition coefficient (Wildman–Crippen LogP) is 5.22. The van der Waals surface area contributed by atoms with E-state index < -0.39 is 0 Å². The van der Waals surface area contributed by atoms with Crippen LogP contribution in [0.25, 0.3) is 0 Å². The van der Waals surface area contributed by atoms with Gasteiger partial charge in [-0.1, -0.05) is 0 Å². The third-order valence-electron chi connectivity index (χ3n) is 7.43. The van der Waals surface area contributed by atoms with Gasteiger partial charge in [-0.3, -0.25) is 0 Å². The summed E-state index contributed by atoms with van der Waals surface area (Å²) in [5.41, 5.74) is 4.26. The van der Waals surface area contributed by atoms with Crippen LogP contribution in [-0.2, 0) is 25.7 Å². The van der Waals surface area contributed by atoms with Crippen molar-refractivity contribution in [2.75, 3.05) is 28.4 Å². The number of phenols is 4. The smallest absolute Gasteiger partial charge is 0.122 e. The number of benzene rings is 4. The fourth-order valence-corrected chi connectivity index (χ4v) is 5.28. The second-order valence-corrected chi connectivity index (χ2v) is 9.88. The first-order valence-corrected chi connectivity index (χ1v) is 12.8. The molecule has 0 aliphatic heterocycles. The van der Waals surface area contributed by atoms with E-state index in [4.69, 9.17) is 18.9 Å². The number of hydrogen-bond acceptors (Lipinski definition) is 8. The molecule has 208 valence electrons. The van der Waals surface area contributed by atoms with Gasteiger partial charge in [-0.05, 0) is 48.5 Å². The molecule has 4 aromatic carbocycles. The number of fused-ring (bicyclic) bond motifs is 8. The molecule has 8 bridgehead atoms. The maximum Gasteiger partial charge on any atom is 0.122 e. The molecule has 8 heteroatoms. The molecule has 1 aliphatic rings. The van der Waals surface area contributed by atoms with Gasteiger partial charge in [-0.2, -0.15) is 0 Å². The van der Waals surface area contributed by atoms with Crippen LogP contribution in [-0.4, -0.2) is 48.9 Å². The van der Waals surface area contributed by atoms with Gasteiger partial charge in [0.2, 0.25) is 0 Å². The van der Waals surface area contributed by atoms with Crippen molar-refractivity contribution in [3.8, 4) is 46.0 Å². The topological polar surface area (TPSA) is 118 Å². The Morgan fingerprint density at radius 3 is 0.625 bits per heavy atom. The molecule has 0 atom stereocenters. The van der Waals surface area contributed by atoms with Gasteiger partial charge in [-0.25, -0.2) is 0 Å². The van der Waals surface area contributed by atoms with Crippen LogP contribution >= 0.6 is 0 Å². The number of rotatable bonds is 4. The zero-order valence-electron chi connectivity index (χ0n) is 22.9. The summed E-state index contributed by atoms with van der Waals surface area (Å²) in [6.45, 7) is 0. The van der Waals surface area contributed by atoms with Gasteiger partial charge < -0.3 is 39.4 Å². The quantitative estimate of drug-likeness (QED) is 0.243. The molecule has 0 saturated heterocycles. The van der Waals surface area contributed by atoms with Crippen molar-refractivity contribution in [1.29, 1.82) is 0 Å². The van der Waals surface area contributed by atoms with Gasteiger partial charge in [0.1, 0.15) is 46.0 Å². The molecule has 1 aliphatic carbocycles. The maximum absolute atomic E-state index is 11.3. The Morgan fingerprint density at radius 2 is 0.500 bits per heavy atom. The molecule has 8 nitrogen and oxygen atoms in total. The molecule has 0 saturated carbocycles. The van der Waals surface area contributed by atoms with Gasteiger partial charge in [-0.15, -0.1) is 0 Å². The Labute approximate surface area is 232 Å². The number of methoxy groups -OCH3 is 4. The molecular formula is C32H32O8. The Bertz CT molecular complexity index is 1260. The second kappa shape index (κ2) is 10.8. The van der Waals surface area contributed by atoms with Crippen LogP contribution in [0.4, 0.5) is 0 Å². The van der Waals surface area contributed by atoms with Crippen LogP contribution in [0.1, 0.15) is 44.5 Å². The fourth-order valence-electron chi connectivity index (χ4n) is 5.28. The lowest BCUT2D eigenvalue weighted by molar-refractivity contribution is 0.405. The summed E-state index contributed by atoms with van der Waals surface area (Å²) in [4.78, 5) is 0. The molecule has 0 spiro atoms. The number of ether oxygens (including phenoxy) is 4. The largest absolute Gasteiger partial charge is 0.507 e. The summed E-state index contributed by atoms with van der Waals surface area (Å²) in [6.07, 6.45) is 0.709. The van der Waals surface area contributed by atoms with Gasteiger partial charge in [0.15, 0.2) is 0 Å². The lowest BCUT2D eigenvalue weighted by atomic mass is 9.91. The van der Waals surface area contributed by atoms with Crippen molar-refractivity contribution in [2.24, 2.45) is 0 Å². The standard InChI is InChI=1S/C32H32O8/c1-37-25-9-17-5-19-11-26(38-2)13-21(30(19)34)7-23-15-28(40-4)16-24(32(23)36)8-22-14-27(39-3)12-20(31(22)35)6-18(10-25)29(17)33/h9-16,33-36H,5-8H2,1-4H3. The summed E-state index contributed by atoms with van der Waals surface area (Å²) in [5.74, 6) is 2.26. The molecule has 0 amide bonds. The van der Waals surface area contributed by atoms with E-state index in [0.29, 0.717) is 67.5 Å². The zero-order chi connectivity index (χ0) is 28.6. The highest BCUT2D eigenvalue weighted by molar-refractivity contribution is 5.59. The van der Waals surface area contributed by atoms with E-state index >= 15 is 0 Å². The van der Waals surface area contributed by atoms with Gasteiger partial charge in [0.05, 0.1) is 28.4 Å². The van der Waals surface area contributed by atoms with Crippen LogP contribution in [0, 0.1) is 0 Å². The highest BCUT2D eigenvalue weighted by Crippen LogP contribution is 2.41. The van der Waals surface area contributed by atoms with Crippen LogP contribution in [0.15, 0.2) is 48.5 Å². The van der Waals surface area contributed by atoms with E-state index in [0.717, 1.165) is 0 Å². The van der Waals surface area contributed by atoms with Crippen molar-refractivity contribution in [2.45, 2.75) is 25.7 Å².